The highest BCUT2D eigenvalue weighted by molar-refractivity contribution is 7.19. The molecular formula is C18H15F3N4O2S. The van der Waals surface area contributed by atoms with Crippen LogP contribution in [0.2, 0.25) is 0 Å². The molecule has 6 nitrogen and oxygen atoms in total. The van der Waals surface area contributed by atoms with Crippen molar-refractivity contribution in [2.45, 2.75) is 13.1 Å². The highest BCUT2D eigenvalue weighted by atomic mass is 32.1. The molecule has 146 valence electrons. The fourth-order valence-corrected chi connectivity index (χ4v) is 3.44. The van der Waals surface area contributed by atoms with E-state index >= 15 is 0 Å². The quantitative estimate of drug-likeness (QED) is 0.500. The van der Waals surface area contributed by atoms with Gasteiger partial charge < -0.3 is 10.5 Å². The Hall–Kier alpha value is -3.14. The molecule has 10 heteroatoms. The monoisotopic (exact) mass is 408 g/mol. The van der Waals surface area contributed by atoms with Crippen LogP contribution in [0.5, 0.6) is 0 Å². The molecule has 2 heterocycles. The van der Waals surface area contributed by atoms with Crippen LogP contribution in [-0.4, -0.2) is 17.6 Å². The molecule has 3 rings (SSSR count). The Balaban J connectivity index is 2.03. The minimum atomic E-state index is -4.43. The maximum absolute atomic E-state index is 12.8. The molecule has 0 bridgehead atoms. The molecule has 0 atom stereocenters. The average molecular weight is 408 g/mol. The van der Waals surface area contributed by atoms with Crippen molar-refractivity contribution in [3.63, 3.8) is 0 Å². The van der Waals surface area contributed by atoms with Crippen LogP contribution in [-0.2, 0) is 6.18 Å². The molecule has 0 saturated heterocycles. The SMILES string of the molecule is CCNC(=O)Nc1nc(-c2ccc(C(F)(F)F)cc2)c(-c2cc[n+]([O-])cc2)s1. The first kappa shape index (κ1) is 19.6. The third-order valence-corrected chi connectivity index (χ3v) is 4.75. The molecule has 28 heavy (non-hydrogen) atoms. The summed E-state index contributed by atoms with van der Waals surface area (Å²) in [4.78, 5) is 16.8. The molecule has 0 aliphatic rings. The van der Waals surface area contributed by atoms with Crippen molar-refractivity contribution in [1.82, 2.24) is 10.3 Å². The summed E-state index contributed by atoms with van der Waals surface area (Å²) in [5, 5.41) is 16.8. The molecule has 0 spiro atoms. The van der Waals surface area contributed by atoms with E-state index in [9.17, 15) is 23.2 Å². The normalized spacial score (nSPS) is 11.3. The van der Waals surface area contributed by atoms with E-state index in [-0.39, 0.29) is 5.13 Å². The van der Waals surface area contributed by atoms with Crippen molar-refractivity contribution in [2.75, 3.05) is 11.9 Å². The smallest absolute Gasteiger partial charge is 0.416 e. The summed E-state index contributed by atoms with van der Waals surface area (Å²) < 4.78 is 39.1. The number of halogens is 3. The van der Waals surface area contributed by atoms with Gasteiger partial charge in [0.25, 0.3) is 0 Å². The minimum absolute atomic E-state index is 0.287. The number of alkyl halides is 3. The van der Waals surface area contributed by atoms with Gasteiger partial charge in [-0.25, -0.2) is 9.78 Å². The van der Waals surface area contributed by atoms with Gasteiger partial charge in [-0.2, -0.15) is 17.9 Å². The van der Waals surface area contributed by atoms with E-state index in [1.165, 1.54) is 24.5 Å². The lowest BCUT2D eigenvalue weighted by atomic mass is 10.1. The van der Waals surface area contributed by atoms with Gasteiger partial charge in [-0.05, 0) is 19.1 Å². The average Bonchev–Trinajstić information content (AvgIpc) is 3.05. The van der Waals surface area contributed by atoms with E-state index in [2.05, 4.69) is 15.6 Å². The number of hydrogen-bond acceptors (Lipinski definition) is 4. The molecule has 0 saturated carbocycles. The summed E-state index contributed by atoms with van der Waals surface area (Å²) in [5.74, 6) is 0. The van der Waals surface area contributed by atoms with Crippen molar-refractivity contribution in [2.24, 2.45) is 0 Å². The number of nitrogens with one attached hydrogen (secondary N) is 2. The Kier molecular flexibility index (Phi) is 5.50. The third-order valence-electron chi connectivity index (χ3n) is 3.73. The first-order valence-electron chi connectivity index (χ1n) is 8.20. The summed E-state index contributed by atoms with van der Waals surface area (Å²) in [6.07, 6.45) is -1.82. The summed E-state index contributed by atoms with van der Waals surface area (Å²) in [6, 6.07) is 7.32. The maximum Gasteiger partial charge on any atom is 0.416 e. The zero-order chi connectivity index (χ0) is 20.3. The van der Waals surface area contributed by atoms with E-state index in [0.717, 1.165) is 23.5 Å². The molecule has 3 aromatic rings. The van der Waals surface area contributed by atoms with E-state index < -0.39 is 17.8 Å². The van der Waals surface area contributed by atoms with Crippen LogP contribution in [0.25, 0.3) is 21.7 Å². The summed E-state index contributed by atoms with van der Waals surface area (Å²) in [7, 11) is 0. The number of pyridine rings is 1. The maximum atomic E-state index is 12.8. The summed E-state index contributed by atoms with van der Waals surface area (Å²) >= 11 is 1.16. The zero-order valence-corrected chi connectivity index (χ0v) is 15.4. The van der Waals surface area contributed by atoms with Gasteiger partial charge >= 0.3 is 12.2 Å². The van der Waals surface area contributed by atoms with Gasteiger partial charge in [0.1, 0.15) is 0 Å². The number of amides is 2. The fourth-order valence-electron chi connectivity index (χ4n) is 2.45. The lowest BCUT2D eigenvalue weighted by Gasteiger charge is -2.07. The lowest BCUT2D eigenvalue weighted by Crippen LogP contribution is -2.28. The van der Waals surface area contributed by atoms with Crippen LogP contribution in [0, 0.1) is 5.21 Å². The molecule has 0 unspecified atom stereocenters. The Morgan fingerprint density at radius 3 is 2.36 bits per heavy atom. The molecular weight excluding hydrogens is 393 g/mol. The number of nitrogens with zero attached hydrogens (tertiary/aromatic N) is 2. The van der Waals surface area contributed by atoms with Crippen molar-refractivity contribution in [3.05, 3.63) is 59.6 Å². The molecule has 0 aliphatic heterocycles. The van der Waals surface area contributed by atoms with Crippen molar-refractivity contribution in [3.8, 4) is 21.7 Å². The second-order valence-corrected chi connectivity index (χ2v) is 6.70. The molecule has 0 aliphatic carbocycles. The number of hydrogen-bond donors (Lipinski definition) is 2. The standard InChI is InChI=1S/C18H15F3N4O2S/c1-2-22-16(26)24-17-23-14(11-3-5-13(6-4-11)18(19,20)21)15(28-17)12-7-9-25(27)10-8-12/h3-10H,2H2,1H3,(H2,22,23,24,26). The van der Waals surface area contributed by atoms with E-state index in [1.807, 2.05) is 0 Å². The van der Waals surface area contributed by atoms with Gasteiger partial charge in [0.05, 0.1) is 16.1 Å². The number of thiazole rings is 1. The summed E-state index contributed by atoms with van der Waals surface area (Å²) in [6.45, 7) is 2.20. The predicted molar refractivity (Wildman–Crippen MR) is 99.6 cm³/mol. The highest BCUT2D eigenvalue weighted by Gasteiger charge is 2.30. The van der Waals surface area contributed by atoms with Crippen LogP contribution in [0.3, 0.4) is 0 Å². The van der Waals surface area contributed by atoms with E-state index in [1.54, 1.807) is 19.1 Å². The number of rotatable bonds is 4. The Bertz CT molecular complexity index is 970. The van der Waals surface area contributed by atoms with Gasteiger partial charge in [0, 0.05) is 29.8 Å². The van der Waals surface area contributed by atoms with Crippen molar-refractivity contribution in [1.29, 1.82) is 0 Å². The second-order valence-electron chi connectivity index (χ2n) is 5.70. The van der Waals surface area contributed by atoms with Crippen LogP contribution >= 0.6 is 11.3 Å². The van der Waals surface area contributed by atoms with Crippen LogP contribution < -0.4 is 15.4 Å². The Morgan fingerprint density at radius 1 is 1.14 bits per heavy atom. The number of anilines is 1. The number of carbonyl (C=O) groups is 1. The van der Waals surface area contributed by atoms with Gasteiger partial charge in [0.15, 0.2) is 17.5 Å². The Labute approximate surface area is 162 Å². The van der Waals surface area contributed by atoms with E-state index in [4.69, 9.17) is 0 Å². The predicted octanol–water partition coefficient (Wildman–Crippen LogP) is 4.27. The van der Waals surface area contributed by atoms with Crippen molar-refractivity contribution >= 4 is 22.5 Å². The fraction of sp³-hybridized carbons (Fsp3) is 0.167. The number of carbonyl (C=O) groups excluding carboxylic acids is 1. The van der Waals surface area contributed by atoms with Crippen LogP contribution in [0.1, 0.15) is 12.5 Å². The largest absolute Gasteiger partial charge is 0.619 e. The topological polar surface area (TPSA) is 81.0 Å². The zero-order valence-electron chi connectivity index (χ0n) is 14.6. The summed E-state index contributed by atoms with van der Waals surface area (Å²) in [5.41, 5.74) is 0.764. The third kappa shape index (κ3) is 4.39. The van der Waals surface area contributed by atoms with Gasteiger partial charge in [0.2, 0.25) is 0 Å². The minimum Gasteiger partial charge on any atom is -0.619 e. The molecule has 0 fully saturated rings. The lowest BCUT2D eigenvalue weighted by molar-refractivity contribution is -0.605. The van der Waals surface area contributed by atoms with Gasteiger partial charge in [-0.1, -0.05) is 23.5 Å². The Morgan fingerprint density at radius 2 is 1.79 bits per heavy atom. The number of urea groups is 1. The number of aromatic nitrogens is 2. The first-order valence-corrected chi connectivity index (χ1v) is 9.02. The van der Waals surface area contributed by atoms with Crippen LogP contribution in [0.15, 0.2) is 48.8 Å². The highest BCUT2D eigenvalue weighted by Crippen LogP contribution is 2.39. The molecule has 1 aromatic carbocycles. The first-order chi connectivity index (χ1) is 13.3. The van der Waals surface area contributed by atoms with Crippen LogP contribution in [0.4, 0.5) is 23.1 Å². The molecule has 2 N–H and O–H groups in total. The van der Waals surface area contributed by atoms with E-state index in [0.29, 0.717) is 33.0 Å². The van der Waals surface area contributed by atoms with Gasteiger partial charge in [-0.15, -0.1) is 0 Å². The molecule has 2 aromatic heterocycles. The second kappa shape index (κ2) is 7.85. The molecule has 0 radical (unpaired) electrons. The van der Waals surface area contributed by atoms with Gasteiger partial charge in [-0.3, -0.25) is 5.32 Å². The van der Waals surface area contributed by atoms with Crippen molar-refractivity contribution < 1.29 is 22.7 Å². The molecule has 2 amide bonds. The number of benzene rings is 1.